The van der Waals surface area contributed by atoms with E-state index in [9.17, 15) is 14.0 Å². The Balaban J connectivity index is 1.85. The van der Waals surface area contributed by atoms with Gasteiger partial charge in [-0.1, -0.05) is 109 Å². The zero-order valence-corrected chi connectivity index (χ0v) is 19.4. The van der Waals surface area contributed by atoms with Crippen LogP contribution in [0.3, 0.4) is 0 Å². The van der Waals surface area contributed by atoms with Gasteiger partial charge in [0.1, 0.15) is 12.4 Å². The van der Waals surface area contributed by atoms with E-state index in [-0.39, 0.29) is 12.1 Å². The number of esters is 1. The molecule has 0 spiro atoms. The summed E-state index contributed by atoms with van der Waals surface area (Å²) >= 11 is 0. The van der Waals surface area contributed by atoms with Crippen LogP contribution >= 0.6 is 0 Å². The Morgan fingerprint density at radius 2 is 1.26 bits per heavy atom. The van der Waals surface area contributed by atoms with Crippen molar-refractivity contribution in [2.24, 2.45) is 0 Å². The standard InChI is InChI=1S/C26H42FNO3/c1-2-3-4-5-6-7-8-9-10-11-12-13-14-15-18-21-31-25(29)22-28-26(30)23-19-16-17-20-24(23)27/h16-17,19-20H,2-15,18,21-22H2,1H3,(H,28,30). The molecule has 1 rings (SSSR count). The second-order valence-corrected chi connectivity index (χ2v) is 8.33. The smallest absolute Gasteiger partial charge is 0.325 e. The van der Waals surface area contributed by atoms with Crippen molar-refractivity contribution in [2.75, 3.05) is 13.2 Å². The van der Waals surface area contributed by atoms with E-state index in [0.717, 1.165) is 12.8 Å². The molecule has 0 heterocycles. The highest BCUT2D eigenvalue weighted by Gasteiger charge is 2.12. The lowest BCUT2D eigenvalue weighted by Crippen LogP contribution is -2.31. The average Bonchev–Trinajstić information content (AvgIpc) is 2.77. The van der Waals surface area contributed by atoms with Gasteiger partial charge in [0.25, 0.3) is 5.91 Å². The van der Waals surface area contributed by atoms with E-state index >= 15 is 0 Å². The number of ether oxygens (including phenoxy) is 1. The lowest BCUT2D eigenvalue weighted by atomic mass is 10.0. The van der Waals surface area contributed by atoms with Crippen LogP contribution in [0.15, 0.2) is 24.3 Å². The maximum atomic E-state index is 13.5. The quantitative estimate of drug-likeness (QED) is 0.188. The van der Waals surface area contributed by atoms with Crippen molar-refractivity contribution >= 4 is 11.9 Å². The summed E-state index contributed by atoms with van der Waals surface area (Å²) < 4.78 is 18.6. The summed E-state index contributed by atoms with van der Waals surface area (Å²) in [4.78, 5) is 23.5. The summed E-state index contributed by atoms with van der Waals surface area (Å²) in [6.07, 6.45) is 19.3. The van der Waals surface area contributed by atoms with Crippen molar-refractivity contribution in [1.29, 1.82) is 0 Å². The Bertz CT molecular complexity index is 606. The van der Waals surface area contributed by atoms with Gasteiger partial charge >= 0.3 is 5.97 Å². The van der Waals surface area contributed by atoms with Crippen molar-refractivity contribution in [3.05, 3.63) is 35.6 Å². The van der Waals surface area contributed by atoms with Gasteiger partial charge in [0.15, 0.2) is 0 Å². The first kappa shape index (κ1) is 27.1. The van der Waals surface area contributed by atoms with Crippen molar-refractivity contribution in [3.8, 4) is 0 Å². The molecule has 1 aromatic rings. The van der Waals surface area contributed by atoms with Crippen LogP contribution in [0.1, 0.15) is 114 Å². The van der Waals surface area contributed by atoms with Crippen molar-refractivity contribution in [1.82, 2.24) is 5.32 Å². The molecule has 0 fully saturated rings. The van der Waals surface area contributed by atoms with Gasteiger partial charge < -0.3 is 10.1 Å². The number of rotatable bonds is 19. The second-order valence-electron chi connectivity index (χ2n) is 8.33. The van der Waals surface area contributed by atoms with Gasteiger partial charge in [-0.2, -0.15) is 0 Å². The van der Waals surface area contributed by atoms with Crippen LogP contribution in [0.4, 0.5) is 4.39 Å². The molecule has 5 heteroatoms. The fourth-order valence-corrected chi connectivity index (χ4v) is 3.60. The monoisotopic (exact) mass is 435 g/mol. The van der Waals surface area contributed by atoms with E-state index in [1.807, 2.05) is 0 Å². The van der Waals surface area contributed by atoms with Crippen LogP contribution < -0.4 is 5.32 Å². The molecule has 4 nitrogen and oxygen atoms in total. The molecule has 0 bridgehead atoms. The minimum Gasteiger partial charge on any atom is -0.464 e. The number of hydrogen-bond donors (Lipinski definition) is 1. The lowest BCUT2D eigenvalue weighted by molar-refractivity contribution is -0.142. The van der Waals surface area contributed by atoms with E-state index in [4.69, 9.17) is 4.74 Å². The third kappa shape index (κ3) is 14.7. The first-order chi connectivity index (χ1) is 15.1. The summed E-state index contributed by atoms with van der Waals surface area (Å²) in [5.74, 6) is -1.71. The SMILES string of the molecule is CCCCCCCCCCCCCCCCCOC(=O)CNC(=O)c1ccccc1F. The van der Waals surface area contributed by atoms with Crippen molar-refractivity contribution in [3.63, 3.8) is 0 Å². The molecular formula is C26H42FNO3. The normalized spacial score (nSPS) is 10.8. The van der Waals surface area contributed by atoms with Gasteiger partial charge in [-0.05, 0) is 18.6 Å². The maximum absolute atomic E-state index is 13.5. The lowest BCUT2D eigenvalue weighted by Gasteiger charge is -2.07. The van der Waals surface area contributed by atoms with Crippen molar-refractivity contribution < 1.29 is 18.7 Å². The summed E-state index contributed by atoms with van der Waals surface area (Å²) in [5.41, 5.74) is -0.0716. The molecule has 0 unspecified atom stereocenters. The molecule has 1 aromatic carbocycles. The summed E-state index contributed by atoms with van der Waals surface area (Å²) in [6.45, 7) is 2.38. The number of unbranched alkanes of at least 4 members (excludes halogenated alkanes) is 14. The third-order valence-electron chi connectivity index (χ3n) is 5.52. The average molecular weight is 436 g/mol. The van der Waals surface area contributed by atoms with Gasteiger partial charge in [0.05, 0.1) is 12.2 Å². The molecule has 0 saturated carbocycles. The van der Waals surface area contributed by atoms with E-state index in [1.54, 1.807) is 6.07 Å². The van der Waals surface area contributed by atoms with Crippen LogP contribution in [0, 0.1) is 5.82 Å². The molecule has 1 amide bonds. The minimum absolute atomic E-state index is 0.0716. The topological polar surface area (TPSA) is 55.4 Å². The fourth-order valence-electron chi connectivity index (χ4n) is 3.60. The Kier molecular flexibility index (Phi) is 16.5. The maximum Gasteiger partial charge on any atom is 0.325 e. The molecule has 176 valence electrons. The minimum atomic E-state index is -0.609. The Morgan fingerprint density at radius 1 is 0.774 bits per heavy atom. The van der Waals surface area contributed by atoms with Gasteiger partial charge in [-0.25, -0.2) is 4.39 Å². The third-order valence-corrected chi connectivity index (χ3v) is 5.52. The molecule has 0 aromatic heterocycles. The molecule has 31 heavy (non-hydrogen) atoms. The molecular weight excluding hydrogens is 393 g/mol. The van der Waals surface area contributed by atoms with Gasteiger partial charge in [-0.3, -0.25) is 9.59 Å². The molecule has 1 N–H and O–H groups in total. The molecule has 0 aliphatic carbocycles. The molecule has 0 saturated heterocycles. The Hall–Kier alpha value is -1.91. The zero-order chi connectivity index (χ0) is 22.6. The van der Waals surface area contributed by atoms with E-state index in [0.29, 0.717) is 6.61 Å². The highest BCUT2D eigenvalue weighted by atomic mass is 19.1. The Labute approximate surface area is 188 Å². The highest BCUT2D eigenvalue weighted by molar-refractivity contribution is 5.96. The molecule has 0 aliphatic rings. The summed E-state index contributed by atoms with van der Waals surface area (Å²) in [6, 6.07) is 5.68. The summed E-state index contributed by atoms with van der Waals surface area (Å²) in [5, 5.41) is 2.39. The predicted molar refractivity (Wildman–Crippen MR) is 125 cm³/mol. The molecule has 0 radical (unpaired) electrons. The first-order valence-corrected chi connectivity index (χ1v) is 12.3. The van der Waals surface area contributed by atoms with Crippen LogP contribution in [0.25, 0.3) is 0 Å². The number of carbonyl (C=O) groups is 2. The van der Waals surface area contributed by atoms with Crippen LogP contribution in [-0.4, -0.2) is 25.0 Å². The van der Waals surface area contributed by atoms with Crippen LogP contribution in [0.5, 0.6) is 0 Å². The van der Waals surface area contributed by atoms with Crippen LogP contribution in [0.2, 0.25) is 0 Å². The fraction of sp³-hybridized carbons (Fsp3) is 0.692. The van der Waals surface area contributed by atoms with Crippen molar-refractivity contribution in [2.45, 2.75) is 103 Å². The van der Waals surface area contributed by atoms with E-state index < -0.39 is 17.7 Å². The van der Waals surface area contributed by atoms with Crippen LogP contribution in [-0.2, 0) is 9.53 Å². The number of halogens is 1. The zero-order valence-electron chi connectivity index (χ0n) is 19.4. The number of amides is 1. The largest absolute Gasteiger partial charge is 0.464 e. The number of nitrogens with one attached hydrogen (secondary N) is 1. The number of hydrogen-bond acceptors (Lipinski definition) is 3. The second kappa shape index (κ2) is 18.8. The summed E-state index contributed by atoms with van der Waals surface area (Å²) in [7, 11) is 0. The molecule has 0 atom stereocenters. The molecule has 0 aliphatic heterocycles. The predicted octanol–water partition coefficient (Wildman–Crippen LogP) is 6.97. The number of benzene rings is 1. The van der Waals surface area contributed by atoms with Gasteiger partial charge in [-0.15, -0.1) is 0 Å². The van der Waals surface area contributed by atoms with E-state index in [1.165, 1.54) is 102 Å². The van der Waals surface area contributed by atoms with E-state index in [2.05, 4.69) is 12.2 Å². The number of carbonyl (C=O) groups excluding carboxylic acids is 2. The highest BCUT2D eigenvalue weighted by Crippen LogP contribution is 2.13. The Morgan fingerprint density at radius 3 is 1.77 bits per heavy atom. The first-order valence-electron chi connectivity index (χ1n) is 12.3. The van der Waals surface area contributed by atoms with Gasteiger partial charge in [0, 0.05) is 0 Å². The van der Waals surface area contributed by atoms with Gasteiger partial charge in [0.2, 0.25) is 0 Å².